The fraction of sp³-hybridized carbons (Fsp3) is 0.303. The van der Waals surface area contributed by atoms with Crippen LogP contribution in [-0.2, 0) is 27.2 Å². The van der Waals surface area contributed by atoms with E-state index in [0.717, 1.165) is 11.8 Å². The molecule has 45 heavy (non-hydrogen) atoms. The van der Waals surface area contributed by atoms with E-state index in [9.17, 15) is 29.6 Å². The molecule has 5 N–H and O–H groups in total. The Hall–Kier alpha value is -5.39. The van der Waals surface area contributed by atoms with E-state index in [2.05, 4.69) is 16.0 Å². The van der Waals surface area contributed by atoms with Gasteiger partial charge in [0.25, 0.3) is 6.20 Å². The third-order valence-electron chi connectivity index (χ3n) is 6.92. The Labute approximate surface area is 261 Å². The molecule has 2 atom stereocenters. The van der Waals surface area contributed by atoms with Crippen LogP contribution in [0.3, 0.4) is 0 Å². The number of carboxylic acid groups (broad SMARTS) is 2. The Morgan fingerprint density at radius 1 is 0.889 bits per heavy atom. The average Bonchev–Trinajstić information content (AvgIpc) is 2.99. The predicted molar refractivity (Wildman–Crippen MR) is 170 cm³/mol. The lowest BCUT2D eigenvalue weighted by atomic mass is 9.89. The molecule has 0 bridgehead atoms. The number of carboxylic acids is 2. The fourth-order valence-electron chi connectivity index (χ4n) is 4.65. The summed E-state index contributed by atoms with van der Waals surface area (Å²) in [4.78, 5) is 47.1. The number of nitrogens with zero attached hydrogens (tertiary/aromatic N) is 1. The minimum atomic E-state index is -1.17. The number of benzene rings is 3. The predicted octanol–water partition coefficient (Wildman–Crippen LogP) is 5.25. The van der Waals surface area contributed by atoms with Crippen LogP contribution in [0.2, 0.25) is 0 Å². The molecular weight excluding hydrogens is 580 g/mol. The summed E-state index contributed by atoms with van der Waals surface area (Å²) in [5.74, 6) is -2.24. The minimum absolute atomic E-state index is 0.00122. The summed E-state index contributed by atoms with van der Waals surface area (Å²) in [6.45, 7) is 3.94. The summed E-state index contributed by atoms with van der Waals surface area (Å²) in [7, 11) is 1.54. The molecule has 3 aromatic carbocycles. The maximum Gasteiger partial charge on any atom is 0.326 e. The Morgan fingerprint density at radius 3 is 1.93 bits per heavy atom. The Kier molecular flexibility index (Phi) is 12.5. The van der Waals surface area contributed by atoms with Gasteiger partial charge in [0, 0.05) is 24.2 Å². The second-order valence-electron chi connectivity index (χ2n) is 10.9. The van der Waals surface area contributed by atoms with E-state index in [1.54, 1.807) is 79.9 Å². The minimum Gasteiger partial charge on any atom is -0.497 e. The molecule has 12 nitrogen and oxygen atoms in total. The van der Waals surface area contributed by atoms with Gasteiger partial charge in [-0.1, -0.05) is 50.2 Å². The molecule has 0 aromatic heterocycles. The van der Waals surface area contributed by atoms with Crippen LogP contribution in [0.4, 0.5) is 11.4 Å². The zero-order valence-corrected chi connectivity index (χ0v) is 25.4. The van der Waals surface area contributed by atoms with Gasteiger partial charge in [-0.25, -0.2) is 4.79 Å². The summed E-state index contributed by atoms with van der Waals surface area (Å²) < 4.78 is 5.14. The fourth-order valence-corrected chi connectivity index (χ4v) is 4.65. The SMILES string of the molecule is COc1ccc(N/C(=C/[N+](=O)[O-])Nc2ccc(C(CC(C)C)C(=O)NC(Cc3ccc(CCC(=O)O)cc3)C(=O)O)cc2)cc1. The number of aliphatic carboxylic acids is 2. The lowest BCUT2D eigenvalue weighted by Crippen LogP contribution is -2.44. The molecule has 0 aliphatic carbocycles. The van der Waals surface area contributed by atoms with Crippen molar-refractivity contribution in [1.82, 2.24) is 5.32 Å². The van der Waals surface area contributed by atoms with Gasteiger partial charge in [-0.05, 0) is 71.8 Å². The van der Waals surface area contributed by atoms with Crippen molar-refractivity contribution in [2.45, 2.75) is 51.5 Å². The van der Waals surface area contributed by atoms with Crippen molar-refractivity contribution in [2.24, 2.45) is 5.92 Å². The van der Waals surface area contributed by atoms with E-state index in [4.69, 9.17) is 9.84 Å². The van der Waals surface area contributed by atoms with Crippen molar-refractivity contribution in [3.8, 4) is 5.75 Å². The summed E-state index contributed by atoms with van der Waals surface area (Å²) in [5, 5.41) is 38.6. The van der Waals surface area contributed by atoms with Crippen LogP contribution in [0.5, 0.6) is 5.75 Å². The first-order valence-electron chi connectivity index (χ1n) is 14.4. The van der Waals surface area contributed by atoms with Crippen molar-refractivity contribution in [1.29, 1.82) is 0 Å². The molecule has 2 unspecified atom stereocenters. The van der Waals surface area contributed by atoms with Crippen LogP contribution in [0.15, 0.2) is 84.8 Å². The largest absolute Gasteiger partial charge is 0.497 e. The highest BCUT2D eigenvalue weighted by Gasteiger charge is 2.27. The number of hydrogen-bond acceptors (Lipinski definition) is 8. The number of methoxy groups -OCH3 is 1. The first kappa shape index (κ1) is 34.1. The molecule has 0 fully saturated rings. The maximum absolute atomic E-state index is 13.5. The maximum atomic E-state index is 13.5. The number of nitrogens with one attached hydrogen (secondary N) is 3. The molecule has 0 saturated carbocycles. The first-order chi connectivity index (χ1) is 21.4. The van der Waals surface area contributed by atoms with Gasteiger partial charge in [0.05, 0.1) is 18.0 Å². The van der Waals surface area contributed by atoms with Gasteiger partial charge in [0.15, 0.2) is 5.82 Å². The number of hydrogen-bond donors (Lipinski definition) is 5. The molecule has 0 spiro atoms. The van der Waals surface area contributed by atoms with Crippen LogP contribution < -0.4 is 20.7 Å². The lowest BCUT2D eigenvalue weighted by Gasteiger charge is -2.23. The second kappa shape index (κ2) is 16.5. The highest BCUT2D eigenvalue weighted by atomic mass is 16.6. The zero-order chi connectivity index (χ0) is 32.9. The number of ether oxygens (including phenoxy) is 1. The summed E-state index contributed by atoms with van der Waals surface area (Å²) in [6, 6.07) is 19.6. The molecule has 3 aromatic rings. The van der Waals surface area contributed by atoms with Crippen molar-refractivity contribution < 1.29 is 34.3 Å². The van der Waals surface area contributed by atoms with Crippen LogP contribution in [0.25, 0.3) is 0 Å². The highest BCUT2D eigenvalue weighted by molar-refractivity contribution is 5.88. The van der Waals surface area contributed by atoms with Crippen molar-refractivity contribution in [3.05, 3.63) is 112 Å². The first-order valence-corrected chi connectivity index (χ1v) is 14.4. The van der Waals surface area contributed by atoms with Gasteiger partial charge in [0.1, 0.15) is 11.8 Å². The van der Waals surface area contributed by atoms with E-state index >= 15 is 0 Å². The zero-order valence-electron chi connectivity index (χ0n) is 25.4. The molecular formula is C33H38N4O8. The summed E-state index contributed by atoms with van der Waals surface area (Å²) >= 11 is 0. The van der Waals surface area contributed by atoms with E-state index in [1.807, 2.05) is 13.8 Å². The Bertz CT molecular complexity index is 1490. The average molecular weight is 619 g/mol. The number of amides is 1. The van der Waals surface area contributed by atoms with E-state index in [-0.39, 0.29) is 24.6 Å². The highest BCUT2D eigenvalue weighted by Crippen LogP contribution is 2.27. The van der Waals surface area contributed by atoms with E-state index in [1.165, 1.54) is 0 Å². The Balaban J connectivity index is 1.72. The monoisotopic (exact) mass is 618 g/mol. The van der Waals surface area contributed by atoms with Crippen molar-refractivity contribution >= 4 is 29.2 Å². The quantitative estimate of drug-likeness (QED) is 0.0990. The molecule has 0 radical (unpaired) electrons. The van der Waals surface area contributed by atoms with Gasteiger partial charge in [-0.2, -0.15) is 0 Å². The molecule has 0 aliphatic rings. The van der Waals surface area contributed by atoms with Crippen LogP contribution >= 0.6 is 0 Å². The van der Waals surface area contributed by atoms with Crippen molar-refractivity contribution in [2.75, 3.05) is 17.7 Å². The normalized spacial score (nSPS) is 12.6. The van der Waals surface area contributed by atoms with Gasteiger partial charge in [0.2, 0.25) is 5.91 Å². The van der Waals surface area contributed by atoms with Gasteiger partial charge < -0.3 is 30.9 Å². The summed E-state index contributed by atoms with van der Waals surface area (Å²) in [5.41, 5.74) is 3.32. The third kappa shape index (κ3) is 11.3. The summed E-state index contributed by atoms with van der Waals surface area (Å²) in [6.07, 6.45) is 1.70. The number of anilines is 2. The third-order valence-corrected chi connectivity index (χ3v) is 6.92. The molecule has 0 aliphatic heterocycles. The second-order valence-corrected chi connectivity index (χ2v) is 10.9. The number of rotatable bonds is 17. The van der Waals surface area contributed by atoms with Gasteiger partial charge >= 0.3 is 11.9 Å². The molecule has 12 heteroatoms. The van der Waals surface area contributed by atoms with Crippen LogP contribution in [0.1, 0.15) is 49.3 Å². The van der Waals surface area contributed by atoms with Crippen LogP contribution in [-0.4, -0.2) is 46.1 Å². The number of carbonyl (C=O) groups is 3. The topological polar surface area (TPSA) is 180 Å². The molecule has 1 amide bonds. The van der Waals surface area contributed by atoms with E-state index in [0.29, 0.717) is 41.1 Å². The Morgan fingerprint density at radius 2 is 1.44 bits per heavy atom. The smallest absolute Gasteiger partial charge is 0.326 e. The standard InChI is InChI=1S/C33H38N4O8/c1-21(2)18-28(32(40)36-29(33(41)42)19-23-6-4-22(5-7-23)8-17-31(38)39)24-9-11-25(12-10-24)34-30(20-37(43)44)35-26-13-15-27(45-3)16-14-26/h4-7,9-16,20-21,28-29,34-35H,8,17-19H2,1-3H3,(H,36,40)(H,38,39)(H,41,42)/b30-20+. The lowest BCUT2D eigenvalue weighted by molar-refractivity contribution is -0.403. The molecule has 0 heterocycles. The van der Waals surface area contributed by atoms with E-state index < -0.39 is 34.7 Å². The number of aryl methyl sites for hydroxylation is 1. The number of nitro groups is 1. The van der Waals surface area contributed by atoms with Gasteiger partial charge in [-0.3, -0.25) is 19.7 Å². The van der Waals surface area contributed by atoms with Gasteiger partial charge in [-0.15, -0.1) is 0 Å². The molecule has 0 saturated heterocycles. The van der Waals surface area contributed by atoms with Crippen LogP contribution in [0, 0.1) is 16.0 Å². The molecule has 3 rings (SSSR count). The number of carbonyl (C=O) groups excluding carboxylic acids is 1. The van der Waals surface area contributed by atoms with Crippen molar-refractivity contribution in [3.63, 3.8) is 0 Å². The molecule has 238 valence electrons.